The van der Waals surface area contributed by atoms with Crippen molar-refractivity contribution in [2.75, 3.05) is 5.73 Å². The number of nitrogens with one attached hydrogen (secondary N) is 1. The van der Waals surface area contributed by atoms with Gasteiger partial charge in [0, 0.05) is 12.1 Å². The maximum atomic E-state index is 11.8. The molecule has 5 nitrogen and oxygen atoms in total. The highest BCUT2D eigenvalue weighted by Crippen LogP contribution is 2.26. The van der Waals surface area contributed by atoms with Crippen molar-refractivity contribution in [2.45, 2.75) is 51.0 Å². The minimum Gasteiger partial charge on any atom is -0.385 e. The van der Waals surface area contributed by atoms with Crippen LogP contribution in [-0.4, -0.2) is 9.55 Å². The number of nitrogen functional groups attached to an aromatic ring is 1. The average molecular weight is 237 g/mol. The van der Waals surface area contributed by atoms with E-state index in [2.05, 4.69) is 4.98 Å². The molecule has 0 atom stereocenters. The average Bonchev–Trinajstić information content (AvgIpc) is 2.19. The quantitative estimate of drug-likeness (QED) is 0.774. The van der Waals surface area contributed by atoms with Gasteiger partial charge in [-0.05, 0) is 12.8 Å². The number of aromatic amines is 1. The van der Waals surface area contributed by atoms with E-state index in [1.807, 2.05) is 0 Å². The van der Waals surface area contributed by atoms with Crippen molar-refractivity contribution in [1.29, 1.82) is 0 Å². The van der Waals surface area contributed by atoms with E-state index >= 15 is 0 Å². The Bertz CT molecular complexity index is 481. The Balaban J connectivity index is 2.31. The summed E-state index contributed by atoms with van der Waals surface area (Å²) in [7, 11) is 0. The Morgan fingerprint density at radius 1 is 1.12 bits per heavy atom. The zero-order valence-corrected chi connectivity index (χ0v) is 9.95. The first-order valence-electron chi connectivity index (χ1n) is 6.30. The van der Waals surface area contributed by atoms with Gasteiger partial charge in [0.05, 0.1) is 0 Å². The van der Waals surface area contributed by atoms with Crippen LogP contribution in [0.4, 0.5) is 5.82 Å². The lowest BCUT2D eigenvalue weighted by Crippen LogP contribution is -2.34. The van der Waals surface area contributed by atoms with Crippen LogP contribution in [0.2, 0.25) is 0 Å². The molecule has 0 unspecified atom stereocenters. The second kappa shape index (κ2) is 5.21. The van der Waals surface area contributed by atoms with Crippen LogP contribution in [0, 0.1) is 0 Å². The lowest BCUT2D eigenvalue weighted by molar-refractivity contribution is 0.364. The molecule has 1 fully saturated rings. The second-order valence-corrected chi connectivity index (χ2v) is 4.73. The summed E-state index contributed by atoms with van der Waals surface area (Å²) in [6.07, 6.45) is 7.89. The Hall–Kier alpha value is -1.52. The molecule has 0 saturated heterocycles. The predicted molar refractivity (Wildman–Crippen MR) is 67.1 cm³/mol. The fraction of sp³-hybridized carbons (Fsp3) is 0.667. The third-order valence-corrected chi connectivity index (χ3v) is 3.45. The highest BCUT2D eigenvalue weighted by Gasteiger charge is 2.16. The molecule has 1 aromatic rings. The van der Waals surface area contributed by atoms with Crippen molar-refractivity contribution in [3.8, 4) is 0 Å². The second-order valence-electron chi connectivity index (χ2n) is 4.73. The Labute approximate surface area is 99.7 Å². The van der Waals surface area contributed by atoms with Gasteiger partial charge in [0.15, 0.2) is 0 Å². The maximum absolute atomic E-state index is 11.8. The van der Waals surface area contributed by atoms with E-state index in [1.54, 1.807) is 4.57 Å². The summed E-state index contributed by atoms with van der Waals surface area (Å²) in [6, 6.07) is 1.43. The molecule has 1 saturated carbocycles. The van der Waals surface area contributed by atoms with Gasteiger partial charge in [-0.15, -0.1) is 0 Å². The normalized spacial score (nSPS) is 18.6. The zero-order valence-electron chi connectivity index (χ0n) is 9.95. The van der Waals surface area contributed by atoms with Crippen LogP contribution in [0.5, 0.6) is 0 Å². The van der Waals surface area contributed by atoms with Crippen LogP contribution in [-0.2, 0) is 0 Å². The van der Waals surface area contributed by atoms with E-state index in [0.717, 1.165) is 25.7 Å². The van der Waals surface area contributed by atoms with Gasteiger partial charge in [0.25, 0.3) is 5.56 Å². The number of nitrogens with zero attached hydrogens (tertiary/aromatic N) is 1. The van der Waals surface area contributed by atoms with E-state index in [1.165, 1.54) is 25.3 Å². The molecule has 5 heteroatoms. The summed E-state index contributed by atoms with van der Waals surface area (Å²) in [6.45, 7) is 0. The van der Waals surface area contributed by atoms with Crippen molar-refractivity contribution in [3.05, 3.63) is 26.9 Å². The van der Waals surface area contributed by atoms with Crippen LogP contribution in [0.1, 0.15) is 51.0 Å². The van der Waals surface area contributed by atoms with E-state index in [9.17, 15) is 9.59 Å². The molecule has 17 heavy (non-hydrogen) atoms. The fourth-order valence-corrected chi connectivity index (χ4v) is 2.59. The Kier molecular flexibility index (Phi) is 3.66. The van der Waals surface area contributed by atoms with Crippen LogP contribution >= 0.6 is 0 Å². The fourth-order valence-electron chi connectivity index (χ4n) is 2.59. The third-order valence-electron chi connectivity index (χ3n) is 3.45. The summed E-state index contributed by atoms with van der Waals surface area (Å²) in [5.74, 6) is 0.282. The molecular formula is C12H19N3O2. The first-order valence-corrected chi connectivity index (χ1v) is 6.30. The summed E-state index contributed by atoms with van der Waals surface area (Å²) in [5.41, 5.74) is 4.99. The number of aromatic nitrogens is 2. The maximum Gasteiger partial charge on any atom is 0.330 e. The lowest BCUT2D eigenvalue weighted by Gasteiger charge is -2.23. The standard InChI is InChI=1S/C12H19N3O2/c13-10-8-11(16)14-12(17)15(10)9-6-4-2-1-3-5-7-9/h8-9H,1-7,13H2,(H,14,16,17). The monoisotopic (exact) mass is 237 g/mol. The number of rotatable bonds is 1. The van der Waals surface area contributed by atoms with Crippen molar-refractivity contribution in [2.24, 2.45) is 0 Å². The minimum absolute atomic E-state index is 0.139. The van der Waals surface area contributed by atoms with E-state index in [4.69, 9.17) is 5.73 Å². The number of hydrogen-bond donors (Lipinski definition) is 2. The summed E-state index contributed by atoms with van der Waals surface area (Å²) in [4.78, 5) is 25.2. The number of nitrogens with two attached hydrogens (primary N) is 1. The highest BCUT2D eigenvalue weighted by molar-refractivity contribution is 5.27. The molecule has 1 heterocycles. The minimum atomic E-state index is -0.422. The van der Waals surface area contributed by atoms with Gasteiger partial charge in [0.1, 0.15) is 5.82 Å². The molecule has 1 aromatic heterocycles. The first-order chi connectivity index (χ1) is 8.18. The van der Waals surface area contributed by atoms with Crippen LogP contribution < -0.4 is 17.0 Å². The largest absolute Gasteiger partial charge is 0.385 e. The van der Waals surface area contributed by atoms with E-state index < -0.39 is 5.56 Å². The predicted octanol–water partition coefficient (Wildman–Crippen LogP) is 1.40. The van der Waals surface area contributed by atoms with Gasteiger partial charge < -0.3 is 5.73 Å². The lowest BCUT2D eigenvalue weighted by atomic mass is 9.96. The molecule has 0 aliphatic heterocycles. The molecule has 94 valence electrons. The van der Waals surface area contributed by atoms with Crippen molar-refractivity contribution < 1.29 is 0 Å². The van der Waals surface area contributed by atoms with Gasteiger partial charge in [-0.1, -0.05) is 32.1 Å². The Morgan fingerprint density at radius 2 is 1.71 bits per heavy atom. The van der Waals surface area contributed by atoms with Crippen LogP contribution in [0.15, 0.2) is 15.7 Å². The van der Waals surface area contributed by atoms with Gasteiger partial charge in [-0.2, -0.15) is 0 Å². The SMILES string of the molecule is Nc1cc(=O)[nH]c(=O)n1C1CCCCCCC1. The summed E-state index contributed by atoms with van der Waals surface area (Å²) < 4.78 is 1.55. The van der Waals surface area contributed by atoms with E-state index in [-0.39, 0.29) is 17.5 Å². The molecule has 0 amide bonds. The molecule has 1 aliphatic carbocycles. The van der Waals surface area contributed by atoms with Gasteiger partial charge in [-0.3, -0.25) is 14.3 Å². The topological polar surface area (TPSA) is 80.9 Å². The van der Waals surface area contributed by atoms with Crippen LogP contribution in [0.3, 0.4) is 0 Å². The molecule has 3 N–H and O–H groups in total. The molecule has 1 aliphatic rings. The first kappa shape index (κ1) is 12.0. The molecule has 2 rings (SSSR count). The number of H-pyrrole nitrogens is 1. The van der Waals surface area contributed by atoms with Gasteiger partial charge in [0.2, 0.25) is 0 Å². The van der Waals surface area contributed by atoms with Gasteiger partial charge >= 0.3 is 5.69 Å². The molecule has 0 spiro atoms. The number of anilines is 1. The van der Waals surface area contributed by atoms with Crippen molar-refractivity contribution in [1.82, 2.24) is 9.55 Å². The van der Waals surface area contributed by atoms with E-state index in [0.29, 0.717) is 0 Å². The summed E-state index contributed by atoms with van der Waals surface area (Å²) >= 11 is 0. The van der Waals surface area contributed by atoms with Crippen molar-refractivity contribution in [3.63, 3.8) is 0 Å². The van der Waals surface area contributed by atoms with Crippen molar-refractivity contribution >= 4 is 5.82 Å². The molecule has 0 bridgehead atoms. The smallest absolute Gasteiger partial charge is 0.330 e. The zero-order chi connectivity index (χ0) is 12.3. The molecule has 0 radical (unpaired) electrons. The Morgan fingerprint density at radius 3 is 2.29 bits per heavy atom. The molecule has 0 aromatic carbocycles. The van der Waals surface area contributed by atoms with Crippen LogP contribution in [0.25, 0.3) is 0 Å². The summed E-state index contributed by atoms with van der Waals surface area (Å²) in [5, 5.41) is 0. The number of hydrogen-bond acceptors (Lipinski definition) is 3. The molecular weight excluding hydrogens is 218 g/mol. The third kappa shape index (κ3) is 2.78. The van der Waals surface area contributed by atoms with Gasteiger partial charge in [-0.25, -0.2) is 4.79 Å². The highest BCUT2D eigenvalue weighted by atomic mass is 16.2.